The fourth-order valence-electron chi connectivity index (χ4n) is 2.12. The van der Waals surface area contributed by atoms with Crippen molar-refractivity contribution < 1.29 is 9.00 Å². The van der Waals surface area contributed by atoms with Gasteiger partial charge >= 0.3 is 0 Å². The van der Waals surface area contributed by atoms with E-state index in [9.17, 15) is 9.00 Å². The van der Waals surface area contributed by atoms with Gasteiger partial charge in [-0.15, -0.1) is 11.8 Å². The molecule has 1 aromatic heterocycles. The van der Waals surface area contributed by atoms with Gasteiger partial charge in [0.1, 0.15) is 0 Å². The van der Waals surface area contributed by atoms with Crippen LogP contribution in [0.4, 0.5) is 0 Å². The van der Waals surface area contributed by atoms with E-state index < -0.39 is 10.8 Å². The maximum absolute atomic E-state index is 12.0. The number of hydrogen-bond acceptors (Lipinski definition) is 4. The predicted octanol–water partition coefficient (Wildman–Crippen LogP) is 1.83. The zero-order valence-electron chi connectivity index (χ0n) is 11.1. The Labute approximate surface area is 120 Å². The van der Waals surface area contributed by atoms with E-state index >= 15 is 0 Å². The highest BCUT2D eigenvalue weighted by Crippen LogP contribution is 2.36. The van der Waals surface area contributed by atoms with Crippen LogP contribution in [0, 0.1) is 0 Å². The number of carbonyl (C=O) groups excluding carboxylic acids is 1. The lowest BCUT2D eigenvalue weighted by molar-refractivity contribution is 0.0943. The lowest BCUT2D eigenvalue weighted by Gasteiger charge is -2.39. The Bertz CT molecular complexity index is 484. The minimum Gasteiger partial charge on any atom is -0.350 e. The van der Waals surface area contributed by atoms with Crippen molar-refractivity contribution in [3.05, 3.63) is 23.9 Å². The number of thioether (sulfide) groups is 1. The molecule has 0 aromatic carbocycles. The molecule has 1 saturated carbocycles. The average Bonchev–Trinajstić information content (AvgIpc) is 2.37. The van der Waals surface area contributed by atoms with E-state index in [1.54, 1.807) is 30.3 Å². The molecule has 1 aromatic rings. The summed E-state index contributed by atoms with van der Waals surface area (Å²) in [5, 5.41) is 3.77. The summed E-state index contributed by atoms with van der Waals surface area (Å²) in [6.07, 6.45) is 8.20. The van der Waals surface area contributed by atoms with Crippen LogP contribution in [-0.2, 0) is 10.8 Å². The highest BCUT2D eigenvalue weighted by molar-refractivity contribution is 7.98. The fourth-order valence-corrected chi connectivity index (χ4v) is 3.62. The Morgan fingerprint density at radius 2 is 2.26 bits per heavy atom. The van der Waals surface area contributed by atoms with E-state index in [0.29, 0.717) is 12.1 Å². The SMILES string of the molecule is CSc1ccc(C(=O)NCC2(S(C)=O)CCC2)cn1. The van der Waals surface area contributed by atoms with Gasteiger partial charge in [-0.05, 0) is 31.2 Å². The van der Waals surface area contributed by atoms with Crippen molar-refractivity contribution in [1.29, 1.82) is 0 Å². The number of nitrogens with one attached hydrogen (secondary N) is 1. The minimum atomic E-state index is -0.894. The largest absolute Gasteiger partial charge is 0.350 e. The van der Waals surface area contributed by atoms with Crippen molar-refractivity contribution in [2.45, 2.75) is 29.0 Å². The molecule has 0 spiro atoms. The van der Waals surface area contributed by atoms with Gasteiger partial charge in [0, 0.05) is 29.8 Å². The van der Waals surface area contributed by atoms with Crippen LogP contribution in [0.2, 0.25) is 0 Å². The van der Waals surface area contributed by atoms with Gasteiger partial charge in [0.2, 0.25) is 0 Å². The van der Waals surface area contributed by atoms with Crippen LogP contribution in [0.25, 0.3) is 0 Å². The summed E-state index contributed by atoms with van der Waals surface area (Å²) in [5.74, 6) is -0.142. The number of rotatable bonds is 5. The van der Waals surface area contributed by atoms with E-state index in [4.69, 9.17) is 0 Å². The van der Waals surface area contributed by atoms with Gasteiger partial charge in [-0.1, -0.05) is 6.42 Å². The molecule has 1 aliphatic rings. The summed E-state index contributed by atoms with van der Waals surface area (Å²) in [4.78, 5) is 16.2. The van der Waals surface area contributed by atoms with Crippen LogP contribution in [0.15, 0.2) is 23.4 Å². The van der Waals surface area contributed by atoms with Crippen molar-refractivity contribution in [3.63, 3.8) is 0 Å². The van der Waals surface area contributed by atoms with E-state index in [1.807, 2.05) is 12.3 Å². The molecule has 1 heterocycles. The summed E-state index contributed by atoms with van der Waals surface area (Å²) in [6, 6.07) is 3.60. The monoisotopic (exact) mass is 298 g/mol. The average molecular weight is 298 g/mol. The van der Waals surface area contributed by atoms with Crippen molar-refractivity contribution in [1.82, 2.24) is 10.3 Å². The van der Waals surface area contributed by atoms with E-state index in [-0.39, 0.29) is 10.7 Å². The maximum Gasteiger partial charge on any atom is 0.252 e. The molecule has 1 fully saturated rings. The van der Waals surface area contributed by atoms with Gasteiger partial charge < -0.3 is 5.32 Å². The molecular weight excluding hydrogens is 280 g/mol. The molecule has 0 bridgehead atoms. The van der Waals surface area contributed by atoms with Crippen molar-refractivity contribution in [2.24, 2.45) is 0 Å². The first-order valence-corrected chi connectivity index (χ1v) is 8.97. The van der Waals surface area contributed by atoms with Gasteiger partial charge in [0.15, 0.2) is 0 Å². The molecule has 104 valence electrons. The number of carbonyl (C=O) groups is 1. The second-order valence-corrected chi connectivity index (χ2v) is 7.36. The van der Waals surface area contributed by atoms with Crippen molar-refractivity contribution in [2.75, 3.05) is 19.1 Å². The number of amides is 1. The highest BCUT2D eigenvalue weighted by Gasteiger charge is 2.41. The summed E-state index contributed by atoms with van der Waals surface area (Å²) in [5.41, 5.74) is 0.550. The van der Waals surface area contributed by atoms with Gasteiger partial charge in [-0.25, -0.2) is 4.98 Å². The molecule has 0 saturated heterocycles. The molecule has 1 atom stereocenters. The van der Waals surface area contributed by atoms with Gasteiger partial charge in [0.25, 0.3) is 5.91 Å². The quantitative estimate of drug-likeness (QED) is 0.843. The summed E-state index contributed by atoms with van der Waals surface area (Å²) < 4.78 is 11.5. The minimum absolute atomic E-state index is 0.142. The highest BCUT2D eigenvalue weighted by atomic mass is 32.2. The standard InChI is InChI=1S/C13H18N2O2S2/c1-18-11-5-4-10(8-14-11)12(16)15-9-13(19(2)17)6-3-7-13/h4-5,8H,3,6-7,9H2,1-2H3,(H,15,16). The third-order valence-electron chi connectivity index (χ3n) is 3.65. The van der Waals surface area contributed by atoms with Crippen LogP contribution in [-0.4, -0.2) is 38.9 Å². The fraction of sp³-hybridized carbons (Fsp3) is 0.538. The number of aromatic nitrogens is 1. The molecular formula is C13H18N2O2S2. The van der Waals surface area contributed by atoms with Gasteiger partial charge in [-0.2, -0.15) is 0 Å². The first kappa shape index (κ1) is 14.5. The van der Waals surface area contributed by atoms with Crippen LogP contribution in [0.1, 0.15) is 29.6 Å². The Balaban J connectivity index is 1.95. The molecule has 0 radical (unpaired) electrons. The molecule has 4 nitrogen and oxygen atoms in total. The Morgan fingerprint density at radius 1 is 1.53 bits per heavy atom. The van der Waals surface area contributed by atoms with Crippen LogP contribution >= 0.6 is 11.8 Å². The maximum atomic E-state index is 12.0. The van der Waals surface area contributed by atoms with Gasteiger partial charge in [-0.3, -0.25) is 9.00 Å². The second-order valence-electron chi connectivity index (χ2n) is 4.76. The molecule has 1 unspecified atom stereocenters. The summed E-state index contributed by atoms with van der Waals surface area (Å²) >= 11 is 1.54. The Morgan fingerprint density at radius 3 is 2.68 bits per heavy atom. The molecule has 0 aliphatic heterocycles. The zero-order valence-corrected chi connectivity index (χ0v) is 12.8. The molecule has 1 aliphatic carbocycles. The third-order valence-corrected chi connectivity index (χ3v) is 6.09. The molecule has 2 rings (SSSR count). The molecule has 1 N–H and O–H groups in total. The molecule has 6 heteroatoms. The van der Waals surface area contributed by atoms with E-state index in [0.717, 1.165) is 24.3 Å². The van der Waals surface area contributed by atoms with Crippen LogP contribution < -0.4 is 5.32 Å². The Hall–Kier alpha value is -0.880. The Kier molecular flexibility index (Phi) is 4.62. The van der Waals surface area contributed by atoms with Crippen molar-refractivity contribution in [3.8, 4) is 0 Å². The smallest absolute Gasteiger partial charge is 0.252 e. The first-order chi connectivity index (χ1) is 9.07. The van der Waals surface area contributed by atoms with Gasteiger partial charge in [0.05, 0.1) is 15.3 Å². The normalized spacial score (nSPS) is 18.4. The zero-order chi connectivity index (χ0) is 13.9. The van der Waals surface area contributed by atoms with E-state index in [1.165, 1.54) is 0 Å². The summed E-state index contributed by atoms with van der Waals surface area (Å²) in [6.45, 7) is 0.485. The van der Waals surface area contributed by atoms with E-state index in [2.05, 4.69) is 10.3 Å². The number of nitrogens with zero attached hydrogens (tertiary/aromatic N) is 1. The molecule has 19 heavy (non-hydrogen) atoms. The van der Waals surface area contributed by atoms with Crippen LogP contribution in [0.3, 0.4) is 0 Å². The second kappa shape index (κ2) is 6.05. The molecule has 1 amide bonds. The topological polar surface area (TPSA) is 59.1 Å². The third kappa shape index (κ3) is 3.17. The van der Waals surface area contributed by atoms with Crippen LogP contribution in [0.5, 0.6) is 0 Å². The first-order valence-electron chi connectivity index (χ1n) is 6.19. The predicted molar refractivity (Wildman–Crippen MR) is 79.0 cm³/mol. The lowest BCUT2D eigenvalue weighted by atomic mass is 9.84. The number of hydrogen-bond donors (Lipinski definition) is 1. The summed E-state index contributed by atoms with van der Waals surface area (Å²) in [7, 11) is -0.894. The lowest BCUT2D eigenvalue weighted by Crippen LogP contribution is -2.50. The van der Waals surface area contributed by atoms with Crippen molar-refractivity contribution >= 4 is 28.5 Å². The number of pyridine rings is 1.